The zero-order valence-electron chi connectivity index (χ0n) is 14.4. The molecule has 124 valence electrons. The van der Waals surface area contributed by atoms with Gasteiger partial charge in [-0.15, -0.1) is 0 Å². The lowest BCUT2D eigenvalue weighted by atomic mass is 9.93. The number of carboxylic acid groups (broad SMARTS) is 1. The number of carboxylic acids is 1. The Kier molecular flexibility index (Phi) is 8.18. The van der Waals surface area contributed by atoms with E-state index in [1.165, 1.54) is 11.1 Å². The standard InChI is InChI=1S/C19H31NO2/c1-14(2)13-16-8-10-17(11-9-16)19(15(3)4)20-12-6-5-7-18(21)22/h8-11,14-15,19-20H,5-7,12-13H2,1-4H3,(H,21,22). The molecule has 0 aliphatic heterocycles. The van der Waals surface area contributed by atoms with Crippen LogP contribution in [-0.2, 0) is 11.2 Å². The third-order valence-corrected chi connectivity index (χ3v) is 3.83. The number of hydrogen-bond donors (Lipinski definition) is 2. The highest BCUT2D eigenvalue weighted by atomic mass is 16.4. The summed E-state index contributed by atoms with van der Waals surface area (Å²) in [5, 5.41) is 12.2. The predicted octanol–water partition coefficient (Wildman–Crippen LogP) is 4.43. The molecule has 0 spiro atoms. The highest BCUT2D eigenvalue weighted by molar-refractivity contribution is 5.66. The average Bonchev–Trinajstić information content (AvgIpc) is 2.42. The van der Waals surface area contributed by atoms with Crippen molar-refractivity contribution < 1.29 is 9.90 Å². The molecule has 0 saturated heterocycles. The van der Waals surface area contributed by atoms with E-state index in [-0.39, 0.29) is 6.42 Å². The van der Waals surface area contributed by atoms with Gasteiger partial charge in [0.1, 0.15) is 0 Å². The quantitative estimate of drug-likeness (QED) is 0.629. The maximum absolute atomic E-state index is 10.5. The second-order valence-corrected chi connectivity index (χ2v) is 6.87. The van der Waals surface area contributed by atoms with Gasteiger partial charge in [0.25, 0.3) is 0 Å². The number of benzene rings is 1. The van der Waals surface area contributed by atoms with Crippen LogP contribution in [-0.4, -0.2) is 17.6 Å². The van der Waals surface area contributed by atoms with Gasteiger partial charge < -0.3 is 10.4 Å². The summed E-state index contributed by atoms with van der Waals surface area (Å²) in [5.74, 6) is 0.482. The molecular formula is C19H31NO2. The predicted molar refractivity (Wildman–Crippen MR) is 92.1 cm³/mol. The molecule has 1 rings (SSSR count). The van der Waals surface area contributed by atoms with Crippen LogP contribution in [0.4, 0.5) is 0 Å². The van der Waals surface area contributed by atoms with Crippen molar-refractivity contribution in [1.29, 1.82) is 0 Å². The molecule has 3 heteroatoms. The van der Waals surface area contributed by atoms with Crippen molar-refractivity contribution in [3.8, 4) is 0 Å². The minimum Gasteiger partial charge on any atom is -0.481 e. The molecule has 0 heterocycles. The van der Waals surface area contributed by atoms with Crippen LogP contribution in [0.15, 0.2) is 24.3 Å². The molecule has 2 N–H and O–H groups in total. The number of rotatable bonds is 10. The van der Waals surface area contributed by atoms with Crippen molar-refractivity contribution in [2.45, 2.75) is 59.4 Å². The van der Waals surface area contributed by atoms with Crippen molar-refractivity contribution in [2.75, 3.05) is 6.54 Å². The summed E-state index contributed by atoms with van der Waals surface area (Å²) in [6.07, 6.45) is 3.02. The molecule has 1 unspecified atom stereocenters. The van der Waals surface area contributed by atoms with Crippen LogP contribution in [0.25, 0.3) is 0 Å². The third-order valence-electron chi connectivity index (χ3n) is 3.83. The van der Waals surface area contributed by atoms with Gasteiger partial charge in [0, 0.05) is 12.5 Å². The highest BCUT2D eigenvalue weighted by Gasteiger charge is 2.15. The van der Waals surface area contributed by atoms with Gasteiger partial charge in [-0.2, -0.15) is 0 Å². The smallest absolute Gasteiger partial charge is 0.303 e. The Hall–Kier alpha value is -1.35. The molecule has 22 heavy (non-hydrogen) atoms. The van der Waals surface area contributed by atoms with Crippen molar-refractivity contribution in [2.24, 2.45) is 11.8 Å². The Bertz CT molecular complexity index is 437. The van der Waals surface area contributed by atoms with E-state index < -0.39 is 5.97 Å². The minimum atomic E-state index is -0.707. The Balaban J connectivity index is 2.53. The normalized spacial score (nSPS) is 12.8. The van der Waals surface area contributed by atoms with Gasteiger partial charge in [0.15, 0.2) is 0 Å². The molecule has 3 nitrogen and oxygen atoms in total. The van der Waals surface area contributed by atoms with E-state index in [0.29, 0.717) is 17.9 Å². The van der Waals surface area contributed by atoms with Crippen molar-refractivity contribution in [3.05, 3.63) is 35.4 Å². The second-order valence-electron chi connectivity index (χ2n) is 6.87. The molecule has 0 aliphatic carbocycles. The van der Waals surface area contributed by atoms with E-state index in [4.69, 9.17) is 5.11 Å². The highest BCUT2D eigenvalue weighted by Crippen LogP contribution is 2.22. The molecule has 0 aliphatic rings. The van der Waals surface area contributed by atoms with Gasteiger partial charge >= 0.3 is 5.97 Å². The fourth-order valence-electron chi connectivity index (χ4n) is 2.73. The van der Waals surface area contributed by atoms with Crippen LogP contribution >= 0.6 is 0 Å². The molecule has 1 aromatic carbocycles. The molecule has 0 fully saturated rings. The number of carbonyl (C=O) groups is 1. The van der Waals surface area contributed by atoms with Gasteiger partial charge in [-0.05, 0) is 48.8 Å². The molecule has 1 atom stereocenters. The van der Waals surface area contributed by atoms with E-state index in [1.54, 1.807) is 0 Å². The Labute approximate surface area is 135 Å². The van der Waals surface area contributed by atoms with Crippen LogP contribution in [0.1, 0.15) is 64.1 Å². The lowest BCUT2D eigenvalue weighted by molar-refractivity contribution is -0.137. The van der Waals surface area contributed by atoms with E-state index >= 15 is 0 Å². The molecular weight excluding hydrogens is 274 g/mol. The van der Waals surface area contributed by atoms with E-state index in [1.807, 2.05) is 0 Å². The maximum atomic E-state index is 10.5. The Morgan fingerprint density at radius 3 is 2.23 bits per heavy atom. The molecule has 0 bridgehead atoms. The minimum absolute atomic E-state index is 0.262. The summed E-state index contributed by atoms with van der Waals surface area (Å²) in [6.45, 7) is 9.78. The first-order valence-corrected chi connectivity index (χ1v) is 8.44. The lowest BCUT2D eigenvalue weighted by Gasteiger charge is -2.23. The van der Waals surface area contributed by atoms with E-state index in [2.05, 4.69) is 57.3 Å². The molecule has 1 aromatic rings. The SMILES string of the molecule is CC(C)Cc1ccc(C(NCCCCC(=O)O)C(C)C)cc1. The first-order valence-electron chi connectivity index (χ1n) is 8.44. The summed E-state index contributed by atoms with van der Waals surface area (Å²) in [6, 6.07) is 9.25. The van der Waals surface area contributed by atoms with Gasteiger partial charge in [-0.1, -0.05) is 52.0 Å². The molecule has 0 amide bonds. The van der Waals surface area contributed by atoms with Crippen LogP contribution in [0, 0.1) is 11.8 Å². The molecule has 0 radical (unpaired) electrons. The zero-order chi connectivity index (χ0) is 16.5. The first-order chi connectivity index (χ1) is 10.4. The average molecular weight is 305 g/mol. The summed E-state index contributed by atoms with van der Waals surface area (Å²) in [4.78, 5) is 10.5. The van der Waals surface area contributed by atoms with Gasteiger partial charge in [-0.25, -0.2) is 0 Å². The first kappa shape index (κ1) is 18.7. The number of nitrogens with one attached hydrogen (secondary N) is 1. The summed E-state index contributed by atoms with van der Waals surface area (Å²) >= 11 is 0. The van der Waals surface area contributed by atoms with Crippen molar-refractivity contribution >= 4 is 5.97 Å². The Morgan fingerprint density at radius 1 is 1.09 bits per heavy atom. The summed E-state index contributed by atoms with van der Waals surface area (Å²) in [7, 11) is 0. The monoisotopic (exact) mass is 305 g/mol. The fraction of sp³-hybridized carbons (Fsp3) is 0.632. The fourth-order valence-corrected chi connectivity index (χ4v) is 2.73. The van der Waals surface area contributed by atoms with Crippen LogP contribution < -0.4 is 5.32 Å². The summed E-state index contributed by atoms with van der Waals surface area (Å²) < 4.78 is 0. The number of unbranched alkanes of at least 4 members (excludes halogenated alkanes) is 1. The molecule has 0 aromatic heterocycles. The van der Waals surface area contributed by atoms with E-state index in [0.717, 1.165) is 25.8 Å². The maximum Gasteiger partial charge on any atom is 0.303 e. The number of aliphatic carboxylic acids is 1. The third kappa shape index (κ3) is 7.08. The zero-order valence-corrected chi connectivity index (χ0v) is 14.4. The van der Waals surface area contributed by atoms with Gasteiger partial charge in [0.2, 0.25) is 0 Å². The lowest BCUT2D eigenvalue weighted by Crippen LogP contribution is -2.26. The second kappa shape index (κ2) is 9.62. The van der Waals surface area contributed by atoms with Crippen LogP contribution in [0.3, 0.4) is 0 Å². The van der Waals surface area contributed by atoms with Crippen molar-refractivity contribution in [3.63, 3.8) is 0 Å². The topological polar surface area (TPSA) is 49.3 Å². The number of hydrogen-bond acceptors (Lipinski definition) is 2. The van der Waals surface area contributed by atoms with E-state index in [9.17, 15) is 4.79 Å². The van der Waals surface area contributed by atoms with Crippen molar-refractivity contribution in [1.82, 2.24) is 5.32 Å². The summed E-state index contributed by atoms with van der Waals surface area (Å²) in [5.41, 5.74) is 2.71. The largest absolute Gasteiger partial charge is 0.481 e. The Morgan fingerprint density at radius 2 is 1.73 bits per heavy atom. The van der Waals surface area contributed by atoms with Gasteiger partial charge in [0.05, 0.1) is 0 Å². The van der Waals surface area contributed by atoms with Crippen LogP contribution in [0.2, 0.25) is 0 Å². The van der Waals surface area contributed by atoms with Crippen LogP contribution in [0.5, 0.6) is 0 Å². The van der Waals surface area contributed by atoms with Gasteiger partial charge in [-0.3, -0.25) is 4.79 Å². The molecule has 0 saturated carbocycles.